The number of hydrogen-bond donors (Lipinski definition) is 1. The molecule has 0 aliphatic rings. The van der Waals surface area contributed by atoms with Crippen molar-refractivity contribution in [3.63, 3.8) is 0 Å². The van der Waals surface area contributed by atoms with Crippen molar-refractivity contribution in [1.82, 2.24) is 4.90 Å². The van der Waals surface area contributed by atoms with Crippen LogP contribution in [0.5, 0.6) is 0 Å². The van der Waals surface area contributed by atoms with Crippen molar-refractivity contribution in [2.45, 2.75) is 57.8 Å². The van der Waals surface area contributed by atoms with Gasteiger partial charge in [-0.25, -0.2) is 0 Å². The summed E-state index contributed by atoms with van der Waals surface area (Å²) in [6.45, 7) is 1.23. The predicted molar refractivity (Wildman–Crippen MR) is 67.3 cm³/mol. The second-order valence-corrected chi connectivity index (χ2v) is 4.49. The molecular weight excluding hydrogens is 202 g/mol. The summed E-state index contributed by atoms with van der Waals surface area (Å²) < 4.78 is 0. The van der Waals surface area contributed by atoms with Gasteiger partial charge in [-0.15, -0.1) is 0 Å². The lowest BCUT2D eigenvalue weighted by Gasteiger charge is -2.09. The number of hydrogen-bond acceptors (Lipinski definition) is 2. The van der Waals surface area contributed by atoms with E-state index in [0.29, 0.717) is 6.61 Å². The Morgan fingerprint density at radius 1 is 0.875 bits per heavy atom. The first-order valence-corrected chi connectivity index (χ1v) is 6.57. The fourth-order valence-electron chi connectivity index (χ4n) is 1.76. The van der Waals surface area contributed by atoms with Crippen molar-refractivity contribution in [3.8, 4) is 0 Å². The average Bonchev–Trinajstić information content (AvgIpc) is 2.31. The third kappa shape index (κ3) is 11.5. The Balaban J connectivity index is 2.96. The third-order valence-electron chi connectivity index (χ3n) is 2.85. The molecule has 0 bridgehead atoms. The van der Waals surface area contributed by atoms with Gasteiger partial charge in [0.05, 0.1) is 0 Å². The third-order valence-corrected chi connectivity index (χ3v) is 2.85. The van der Waals surface area contributed by atoms with E-state index in [4.69, 9.17) is 5.11 Å². The van der Waals surface area contributed by atoms with Crippen LogP contribution in [-0.4, -0.2) is 36.6 Å². The van der Waals surface area contributed by atoms with Crippen molar-refractivity contribution in [2.75, 3.05) is 20.2 Å². The van der Waals surface area contributed by atoms with E-state index in [1.54, 1.807) is 4.90 Å². The zero-order valence-electron chi connectivity index (χ0n) is 10.7. The highest BCUT2D eigenvalue weighted by atomic mass is 16.2. The zero-order chi connectivity index (χ0) is 12.1. The van der Waals surface area contributed by atoms with Crippen molar-refractivity contribution in [2.24, 2.45) is 0 Å². The van der Waals surface area contributed by atoms with Crippen LogP contribution in [-0.2, 0) is 4.79 Å². The van der Waals surface area contributed by atoms with Gasteiger partial charge in [0.25, 0.3) is 0 Å². The Morgan fingerprint density at radius 2 is 1.31 bits per heavy atom. The molecule has 96 valence electrons. The largest absolute Gasteiger partial charge is 0.396 e. The fraction of sp³-hybridized carbons (Fsp3) is 0.923. The highest BCUT2D eigenvalue weighted by Crippen LogP contribution is 2.09. The van der Waals surface area contributed by atoms with Crippen LogP contribution in [0.4, 0.5) is 0 Å². The molecule has 0 heterocycles. The first-order chi connectivity index (χ1) is 7.81. The molecule has 0 spiro atoms. The molecule has 0 aliphatic heterocycles. The summed E-state index contributed by atoms with van der Waals surface area (Å²) >= 11 is 0. The molecule has 0 fully saturated rings. The highest BCUT2D eigenvalue weighted by molar-refractivity contribution is 5.46. The SMILES string of the molecule is CN(C=O)CCCCCCCCCCCO. The number of aliphatic hydroxyl groups is 1. The molecule has 0 aromatic rings. The van der Waals surface area contributed by atoms with Crippen LogP contribution >= 0.6 is 0 Å². The summed E-state index contributed by atoms with van der Waals surface area (Å²) in [4.78, 5) is 12.0. The van der Waals surface area contributed by atoms with E-state index >= 15 is 0 Å². The van der Waals surface area contributed by atoms with Crippen molar-refractivity contribution in [1.29, 1.82) is 0 Å². The first kappa shape index (κ1) is 15.4. The second-order valence-electron chi connectivity index (χ2n) is 4.49. The van der Waals surface area contributed by atoms with Gasteiger partial charge in [-0.05, 0) is 12.8 Å². The van der Waals surface area contributed by atoms with Gasteiger partial charge >= 0.3 is 0 Å². The van der Waals surface area contributed by atoms with E-state index in [1.807, 2.05) is 7.05 Å². The quantitative estimate of drug-likeness (QED) is 0.413. The van der Waals surface area contributed by atoms with E-state index < -0.39 is 0 Å². The average molecular weight is 229 g/mol. The molecule has 1 amide bonds. The van der Waals surface area contributed by atoms with Crippen molar-refractivity contribution < 1.29 is 9.90 Å². The van der Waals surface area contributed by atoms with Crippen LogP contribution in [0, 0.1) is 0 Å². The lowest BCUT2D eigenvalue weighted by Crippen LogP contribution is -2.16. The van der Waals surface area contributed by atoms with Crippen LogP contribution in [0.2, 0.25) is 0 Å². The minimum absolute atomic E-state index is 0.338. The number of unbranched alkanes of at least 4 members (excludes halogenated alkanes) is 8. The van der Waals surface area contributed by atoms with Crippen LogP contribution in [0.1, 0.15) is 57.8 Å². The second kappa shape index (κ2) is 12.5. The summed E-state index contributed by atoms with van der Waals surface area (Å²) in [7, 11) is 1.83. The molecule has 0 atom stereocenters. The van der Waals surface area contributed by atoms with Gasteiger partial charge < -0.3 is 10.0 Å². The van der Waals surface area contributed by atoms with Crippen LogP contribution < -0.4 is 0 Å². The molecular formula is C13H27NO2. The van der Waals surface area contributed by atoms with Crippen LogP contribution in [0.15, 0.2) is 0 Å². The zero-order valence-corrected chi connectivity index (χ0v) is 10.7. The normalized spacial score (nSPS) is 10.4. The van der Waals surface area contributed by atoms with E-state index in [1.165, 1.54) is 44.9 Å². The number of aliphatic hydroxyl groups excluding tert-OH is 1. The number of amides is 1. The molecule has 0 saturated heterocycles. The number of carbonyl (C=O) groups excluding carboxylic acids is 1. The maximum atomic E-state index is 10.3. The molecule has 0 rings (SSSR count). The van der Waals surface area contributed by atoms with Crippen molar-refractivity contribution in [3.05, 3.63) is 0 Å². The Hall–Kier alpha value is -0.570. The molecule has 0 unspecified atom stereocenters. The standard InChI is InChI=1S/C13H27NO2/c1-14(13-16)11-9-7-5-3-2-4-6-8-10-12-15/h13,15H,2-12H2,1H3. The maximum Gasteiger partial charge on any atom is 0.209 e. The number of nitrogens with zero attached hydrogens (tertiary/aromatic N) is 1. The van der Waals surface area contributed by atoms with E-state index in [-0.39, 0.29) is 0 Å². The van der Waals surface area contributed by atoms with Gasteiger partial charge in [-0.1, -0.05) is 44.9 Å². The number of carbonyl (C=O) groups is 1. The van der Waals surface area contributed by atoms with Crippen LogP contribution in [0.25, 0.3) is 0 Å². The van der Waals surface area contributed by atoms with E-state index in [0.717, 1.165) is 25.8 Å². The fourth-order valence-corrected chi connectivity index (χ4v) is 1.76. The molecule has 3 nitrogen and oxygen atoms in total. The smallest absolute Gasteiger partial charge is 0.209 e. The predicted octanol–water partition coefficient (Wildman–Crippen LogP) is 2.58. The lowest BCUT2D eigenvalue weighted by atomic mass is 10.1. The molecule has 16 heavy (non-hydrogen) atoms. The van der Waals surface area contributed by atoms with Gasteiger partial charge in [-0.3, -0.25) is 4.79 Å². The molecule has 1 N–H and O–H groups in total. The summed E-state index contributed by atoms with van der Waals surface area (Å²) in [5, 5.41) is 8.60. The molecule has 3 heteroatoms. The van der Waals surface area contributed by atoms with Crippen LogP contribution in [0.3, 0.4) is 0 Å². The van der Waals surface area contributed by atoms with Gasteiger partial charge in [0.15, 0.2) is 0 Å². The first-order valence-electron chi connectivity index (χ1n) is 6.57. The maximum absolute atomic E-state index is 10.3. The Kier molecular flexibility index (Phi) is 12.1. The minimum atomic E-state index is 0.338. The van der Waals surface area contributed by atoms with Crippen molar-refractivity contribution >= 4 is 6.41 Å². The summed E-state index contributed by atoms with van der Waals surface area (Å²) in [6.07, 6.45) is 11.8. The molecule has 0 saturated carbocycles. The molecule has 0 radical (unpaired) electrons. The Bertz CT molecular complexity index is 151. The molecule has 0 aromatic heterocycles. The minimum Gasteiger partial charge on any atom is -0.396 e. The summed E-state index contributed by atoms with van der Waals surface area (Å²) in [5.74, 6) is 0. The Labute approximate surface area is 99.8 Å². The molecule has 0 aliphatic carbocycles. The van der Waals surface area contributed by atoms with E-state index in [2.05, 4.69) is 0 Å². The number of rotatable bonds is 12. The van der Waals surface area contributed by atoms with Gasteiger partial charge in [0.1, 0.15) is 0 Å². The highest BCUT2D eigenvalue weighted by Gasteiger charge is 1.94. The topological polar surface area (TPSA) is 40.5 Å². The summed E-state index contributed by atoms with van der Waals surface area (Å²) in [5.41, 5.74) is 0. The lowest BCUT2D eigenvalue weighted by molar-refractivity contribution is -0.117. The van der Waals surface area contributed by atoms with Gasteiger partial charge in [0.2, 0.25) is 6.41 Å². The van der Waals surface area contributed by atoms with Gasteiger partial charge in [0, 0.05) is 20.2 Å². The Morgan fingerprint density at radius 3 is 1.75 bits per heavy atom. The van der Waals surface area contributed by atoms with E-state index in [9.17, 15) is 4.79 Å². The monoisotopic (exact) mass is 229 g/mol. The van der Waals surface area contributed by atoms with Gasteiger partial charge in [-0.2, -0.15) is 0 Å². The summed E-state index contributed by atoms with van der Waals surface area (Å²) in [6, 6.07) is 0. The molecule has 0 aromatic carbocycles.